The summed E-state index contributed by atoms with van der Waals surface area (Å²) in [7, 11) is 0. The Hall–Kier alpha value is -1.65. The molecule has 0 unspecified atom stereocenters. The van der Waals surface area contributed by atoms with Gasteiger partial charge < -0.3 is 5.11 Å². The van der Waals surface area contributed by atoms with Crippen molar-refractivity contribution >= 4 is 0 Å². The van der Waals surface area contributed by atoms with E-state index in [9.17, 15) is 5.11 Å². The van der Waals surface area contributed by atoms with Crippen LogP contribution in [0.2, 0.25) is 0 Å². The maximum absolute atomic E-state index is 9.67. The zero-order valence-electron chi connectivity index (χ0n) is 10.9. The Labute approximate surface area is 113 Å². The molecule has 2 heterocycles. The van der Waals surface area contributed by atoms with Gasteiger partial charge in [-0.05, 0) is 37.6 Å². The topological polar surface area (TPSA) is 41.3 Å². The molecule has 1 aliphatic heterocycles. The first-order valence-electron chi connectivity index (χ1n) is 6.82. The van der Waals surface area contributed by atoms with E-state index >= 15 is 0 Å². The highest BCUT2D eigenvalue weighted by Gasteiger charge is 2.18. The SMILES string of the molecule is O[C@H]1CCCN(Cc2ccn(-c3ccccc3)n2)C1. The molecule has 4 nitrogen and oxygen atoms in total. The number of para-hydroxylation sites is 1. The molecule has 2 aromatic rings. The lowest BCUT2D eigenvalue weighted by molar-refractivity contribution is 0.0661. The van der Waals surface area contributed by atoms with Crippen molar-refractivity contribution in [2.75, 3.05) is 13.1 Å². The normalized spacial score (nSPS) is 20.6. The Morgan fingerprint density at radius 1 is 1.21 bits per heavy atom. The third-order valence-corrected chi connectivity index (χ3v) is 3.53. The van der Waals surface area contributed by atoms with Gasteiger partial charge in [0.05, 0.1) is 17.5 Å². The number of hydrogen-bond donors (Lipinski definition) is 1. The monoisotopic (exact) mass is 257 g/mol. The molecule has 1 N–H and O–H groups in total. The number of aromatic nitrogens is 2. The van der Waals surface area contributed by atoms with E-state index in [1.807, 2.05) is 47.3 Å². The van der Waals surface area contributed by atoms with Crippen molar-refractivity contribution in [1.82, 2.24) is 14.7 Å². The van der Waals surface area contributed by atoms with E-state index in [-0.39, 0.29) is 6.10 Å². The molecule has 4 heteroatoms. The second-order valence-electron chi connectivity index (χ2n) is 5.12. The van der Waals surface area contributed by atoms with Crippen LogP contribution in [0.15, 0.2) is 42.6 Å². The Morgan fingerprint density at radius 2 is 2.05 bits per heavy atom. The van der Waals surface area contributed by atoms with E-state index in [2.05, 4.69) is 10.00 Å². The van der Waals surface area contributed by atoms with Crippen LogP contribution in [0, 0.1) is 0 Å². The number of piperidine rings is 1. The van der Waals surface area contributed by atoms with Crippen molar-refractivity contribution in [1.29, 1.82) is 0 Å². The lowest BCUT2D eigenvalue weighted by atomic mass is 10.1. The Morgan fingerprint density at radius 3 is 2.84 bits per heavy atom. The second-order valence-corrected chi connectivity index (χ2v) is 5.12. The minimum atomic E-state index is -0.176. The quantitative estimate of drug-likeness (QED) is 0.912. The van der Waals surface area contributed by atoms with E-state index in [0.29, 0.717) is 0 Å². The molecule has 3 rings (SSSR count). The molecular weight excluding hydrogens is 238 g/mol. The van der Waals surface area contributed by atoms with Gasteiger partial charge in [0.25, 0.3) is 0 Å². The minimum absolute atomic E-state index is 0.176. The summed E-state index contributed by atoms with van der Waals surface area (Å²) in [6.45, 7) is 2.63. The van der Waals surface area contributed by atoms with E-state index < -0.39 is 0 Å². The van der Waals surface area contributed by atoms with Crippen LogP contribution in [0.1, 0.15) is 18.5 Å². The summed E-state index contributed by atoms with van der Waals surface area (Å²) in [5, 5.41) is 14.3. The number of β-amino-alcohol motifs (C(OH)–C–C–N with tert-alkyl or cyclic N) is 1. The molecular formula is C15H19N3O. The molecule has 0 amide bonds. The largest absolute Gasteiger partial charge is 0.392 e. The first-order chi connectivity index (χ1) is 9.31. The van der Waals surface area contributed by atoms with E-state index in [1.54, 1.807) is 0 Å². The summed E-state index contributed by atoms with van der Waals surface area (Å²) < 4.78 is 1.90. The molecule has 1 saturated heterocycles. The van der Waals surface area contributed by atoms with Crippen LogP contribution in [0.4, 0.5) is 0 Å². The second kappa shape index (κ2) is 5.55. The predicted octanol–water partition coefficient (Wildman–Crippen LogP) is 1.83. The summed E-state index contributed by atoms with van der Waals surface area (Å²) in [5.41, 5.74) is 2.13. The Bertz CT molecular complexity index is 523. The van der Waals surface area contributed by atoms with E-state index in [4.69, 9.17) is 0 Å². The minimum Gasteiger partial charge on any atom is -0.392 e. The summed E-state index contributed by atoms with van der Waals surface area (Å²) in [6, 6.07) is 12.2. The number of nitrogens with zero attached hydrogens (tertiary/aromatic N) is 3. The number of aliphatic hydroxyl groups excluding tert-OH is 1. The van der Waals surface area contributed by atoms with Crippen LogP contribution >= 0.6 is 0 Å². The smallest absolute Gasteiger partial charge is 0.0769 e. The fourth-order valence-electron chi connectivity index (χ4n) is 2.57. The molecule has 19 heavy (non-hydrogen) atoms. The lowest BCUT2D eigenvalue weighted by Gasteiger charge is -2.29. The number of likely N-dealkylation sites (tertiary alicyclic amines) is 1. The third kappa shape index (κ3) is 3.03. The van der Waals surface area contributed by atoms with E-state index in [1.165, 1.54) is 0 Å². The zero-order valence-corrected chi connectivity index (χ0v) is 10.9. The van der Waals surface area contributed by atoms with Gasteiger partial charge in [0.2, 0.25) is 0 Å². The molecule has 100 valence electrons. The van der Waals surface area contributed by atoms with Gasteiger partial charge >= 0.3 is 0 Å². The maximum Gasteiger partial charge on any atom is 0.0769 e. The number of benzene rings is 1. The summed E-state index contributed by atoms with van der Waals surface area (Å²) in [5.74, 6) is 0. The van der Waals surface area contributed by atoms with Crippen molar-refractivity contribution in [3.05, 3.63) is 48.3 Å². The molecule has 0 spiro atoms. The fourth-order valence-corrected chi connectivity index (χ4v) is 2.57. The molecule has 0 aliphatic carbocycles. The molecule has 1 fully saturated rings. The van der Waals surface area contributed by atoms with Gasteiger partial charge in [0.1, 0.15) is 0 Å². The summed E-state index contributed by atoms with van der Waals surface area (Å²) >= 11 is 0. The Balaban J connectivity index is 1.68. The standard InChI is InChI=1S/C15H19N3O/c19-15-7-4-9-17(12-15)11-13-8-10-18(16-13)14-5-2-1-3-6-14/h1-3,5-6,8,10,15,19H,4,7,9,11-12H2/t15-/m0/s1. The Kier molecular flexibility index (Phi) is 3.62. The van der Waals surface area contributed by atoms with Gasteiger partial charge in [-0.3, -0.25) is 4.90 Å². The van der Waals surface area contributed by atoms with Crippen molar-refractivity contribution in [2.45, 2.75) is 25.5 Å². The zero-order chi connectivity index (χ0) is 13.1. The van der Waals surface area contributed by atoms with Crippen molar-refractivity contribution in [3.63, 3.8) is 0 Å². The van der Waals surface area contributed by atoms with Crippen molar-refractivity contribution in [2.24, 2.45) is 0 Å². The van der Waals surface area contributed by atoms with Crippen LogP contribution in [-0.4, -0.2) is 39.0 Å². The average molecular weight is 257 g/mol. The average Bonchev–Trinajstić information content (AvgIpc) is 2.88. The molecule has 0 bridgehead atoms. The maximum atomic E-state index is 9.67. The van der Waals surface area contributed by atoms with Gasteiger partial charge in [-0.1, -0.05) is 18.2 Å². The van der Waals surface area contributed by atoms with Gasteiger partial charge in [-0.2, -0.15) is 5.10 Å². The van der Waals surface area contributed by atoms with Crippen LogP contribution in [0.3, 0.4) is 0 Å². The van der Waals surface area contributed by atoms with Gasteiger partial charge in [0.15, 0.2) is 0 Å². The van der Waals surface area contributed by atoms with Gasteiger partial charge in [-0.15, -0.1) is 0 Å². The molecule has 1 atom stereocenters. The third-order valence-electron chi connectivity index (χ3n) is 3.53. The number of rotatable bonds is 3. The molecule has 1 aromatic heterocycles. The fraction of sp³-hybridized carbons (Fsp3) is 0.400. The van der Waals surface area contributed by atoms with Gasteiger partial charge in [0, 0.05) is 19.3 Å². The highest BCUT2D eigenvalue weighted by atomic mass is 16.3. The van der Waals surface area contributed by atoms with Crippen LogP contribution in [0.25, 0.3) is 5.69 Å². The van der Waals surface area contributed by atoms with Gasteiger partial charge in [-0.25, -0.2) is 4.68 Å². The lowest BCUT2D eigenvalue weighted by Crippen LogP contribution is -2.37. The van der Waals surface area contributed by atoms with Crippen molar-refractivity contribution < 1.29 is 5.11 Å². The van der Waals surface area contributed by atoms with Crippen molar-refractivity contribution in [3.8, 4) is 5.69 Å². The first kappa shape index (κ1) is 12.4. The molecule has 0 radical (unpaired) electrons. The van der Waals surface area contributed by atoms with Crippen LogP contribution in [-0.2, 0) is 6.54 Å². The molecule has 1 aliphatic rings. The first-order valence-corrected chi connectivity index (χ1v) is 6.82. The summed E-state index contributed by atoms with van der Waals surface area (Å²) in [6.07, 6.45) is 3.81. The van der Waals surface area contributed by atoms with Crippen LogP contribution in [0.5, 0.6) is 0 Å². The van der Waals surface area contributed by atoms with E-state index in [0.717, 1.165) is 43.9 Å². The predicted molar refractivity (Wildman–Crippen MR) is 74.1 cm³/mol. The summed E-state index contributed by atoms with van der Waals surface area (Å²) in [4.78, 5) is 2.27. The molecule has 1 aromatic carbocycles. The number of hydrogen-bond acceptors (Lipinski definition) is 3. The van der Waals surface area contributed by atoms with Crippen LogP contribution < -0.4 is 0 Å². The highest BCUT2D eigenvalue weighted by Crippen LogP contribution is 2.13. The number of aliphatic hydroxyl groups is 1. The molecule has 0 saturated carbocycles. The highest BCUT2D eigenvalue weighted by molar-refractivity contribution is 5.30.